The monoisotopic (exact) mass is 382 g/mol. The van der Waals surface area contributed by atoms with Crippen molar-refractivity contribution in [2.45, 2.75) is 57.8 Å². The molecule has 2 aromatic rings. The summed E-state index contributed by atoms with van der Waals surface area (Å²) in [6.07, 6.45) is 7.22. The highest BCUT2D eigenvalue weighted by Gasteiger charge is 2.51. The van der Waals surface area contributed by atoms with E-state index >= 15 is 0 Å². The number of methoxy groups -OCH3 is 1. The van der Waals surface area contributed by atoms with Crippen LogP contribution in [-0.4, -0.2) is 46.2 Å². The molecule has 1 aromatic carbocycles. The Kier molecular flexibility index (Phi) is 5.38. The van der Waals surface area contributed by atoms with Crippen LogP contribution in [0.3, 0.4) is 0 Å². The van der Waals surface area contributed by atoms with Crippen molar-refractivity contribution in [3.63, 3.8) is 0 Å². The molecule has 1 atom stereocenters. The van der Waals surface area contributed by atoms with E-state index in [0.29, 0.717) is 6.42 Å². The van der Waals surface area contributed by atoms with Crippen molar-refractivity contribution in [3.8, 4) is 5.75 Å². The van der Waals surface area contributed by atoms with Crippen LogP contribution in [0.4, 0.5) is 0 Å². The van der Waals surface area contributed by atoms with Crippen molar-refractivity contribution in [1.82, 2.24) is 20.1 Å². The van der Waals surface area contributed by atoms with Gasteiger partial charge in [0.25, 0.3) is 0 Å². The maximum Gasteiger partial charge on any atom is 0.227 e. The quantitative estimate of drug-likeness (QED) is 0.830. The van der Waals surface area contributed by atoms with E-state index in [-0.39, 0.29) is 17.2 Å². The van der Waals surface area contributed by atoms with E-state index in [2.05, 4.69) is 22.0 Å². The van der Waals surface area contributed by atoms with Crippen LogP contribution < -0.4 is 4.74 Å². The second kappa shape index (κ2) is 7.94. The highest BCUT2D eigenvalue weighted by Crippen LogP contribution is 2.52. The fourth-order valence-electron chi connectivity index (χ4n) is 4.94. The standard InChI is InChI=1S/C22H30N4O2/c1-3-6-19-23-21(25-24-19)18-14-26(15-22(18)11-4-5-12-22)20(27)13-16-7-9-17(28-2)10-8-16/h7-10,18H,3-6,11-15H2,1-2H3,(H,23,24,25). The Balaban J connectivity index is 1.50. The van der Waals surface area contributed by atoms with Crippen molar-refractivity contribution in [2.24, 2.45) is 5.41 Å². The minimum atomic E-state index is 0.154. The van der Waals surface area contributed by atoms with Gasteiger partial charge in [0.1, 0.15) is 11.6 Å². The van der Waals surface area contributed by atoms with E-state index in [0.717, 1.165) is 48.9 Å². The van der Waals surface area contributed by atoms with E-state index in [4.69, 9.17) is 9.72 Å². The molecule has 6 nitrogen and oxygen atoms in total. The molecule has 1 aliphatic heterocycles. The Morgan fingerprint density at radius 2 is 2.04 bits per heavy atom. The van der Waals surface area contributed by atoms with Crippen LogP contribution in [0.25, 0.3) is 0 Å². The number of nitrogens with one attached hydrogen (secondary N) is 1. The van der Waals surface area contributed by atoms with Gasteiger partial charge in [-0.2, -0.15) is 5.10 Å². The fourth-order valence-corrected chi connectivity index (χ4v) is 4.94. The fraction of sp³-hybridized carbons (Fsp3) is 0.591. The first-order chi connectivity index (χ1) is 13.6. The number of nitrogens with zero attached hydrogens (tertiary/aromatic N) is 3. The molecule has 1 spiro atoms. The third-order valence-corrected chi connectivity index (χ3v) is 6.46. The molecule has 0 bridgehead atoms. The summed E-state index contributed by atoms with van der Waals surface area (Å²) in [6, 6.07) is 7.78. The minimum Gasteiger partial charge on any atom is -0.497 e. The molecule has 2 aliphatic rings. The number of H-pyrrole nitrogens is 1. The van der Waals surface area contributed by atoms with Crippen LogP contribution in [0, 0.1) is 5.41 Å². The Labute approximate surface area is 166 Å². The van der Waals surface area contributed by atoms with Gasteiger partial charge in [0, 0.05) is 25.4 Å². The zero-order valence-corrected chi connectivity index (χ0v) is 16.9. The maximum absolute atomic E-state index is 13.0. The van der Waals surface area contributed by atoms with Crippen LogP contribution in [0.5, 0.6) is 5.75 Å². The lowest BCUT2D eigenvalue weighted by Crippen LogP contribution is -2.32. The average molecular weight is 383 g/mol. The SMILES string of the molecule is CCCc1nc(C2CN(C(=O)Cc3ccc(OC)cc3)CC23CCCC3)n[nH]1. The Morgan fingerprint density at radius 1 is 1.29 bits per heavy atom. The van der Waals surface area contributed by atoms with Crippen LogP contribution in [-0.2, 0) is 17.6 Å². The van der Waals surface area contributed by atoms with Gasteiger partial charge in [-0.05, 0) is 42.4 Å². The maximum atomic E-state index is 13.0. The van der Waals surface area contributed by atoms with E-state index in [9.17, 15) is 4.79 Å². The van der Waals surface area contributed by atoms with Gasteiger partial charge in [-0.15, -0.1) is 0 Å². The number of benzene rings is 1. The number of carbonyl (C=O) groups excluding carboxylic acids is 1. The number of likely N-dealkylation sites (tertiary alicyclic amines) is 1. The molecule has 6 heteroatoms. The number of amides is 1. The highest BCUT2D eigenvalue weighted by atomic mass is 16.5. The lowest BCUT2D eigenvalue weighted by molar-refractivity contribution is -0.129. The molecule has 1 N–H and O–H groups in total. The summed E-state index contributed by atoms with van der Waals surface area (Å²) in [4.78, 5) is 19.9. The number of ether oxygens (including phenoxy) is 1. The summed E-state index contributed by atoms with van der Waals surface area (Å²) in [5, 5.41) is 7.65. The molecule has 1 saturated carbocycles. The summed E-state index contributed by atoms with van der Waals surface area (Å²) in [5.41, 5.74) is 1.18. The number of aryl methyl sites for hydroxylation is 1. The Bertz CT molecular complexity index is 808. The number of aromatic amines is 1. The van der Waals surface area contributed by atoms with E-state index in [1.165, 1.54) is 25.7 Å². The summed E-state index contributed by atoms with van der Waals surface area (Å²) in [7, 11) is 1.65. The Morgan fingerprint density at radius 3 is 2.71 bits per heavy atom. The molecule has 1 saturated heterocycles. The molecule has 2 fully saturated rings. The molecule has 1 aliphatic carbocycles. The van der Waals surface area contributed by atoms with Crippen LogP contribution >= 0.6 is 0 Å². The van der Waals surface area contributed by atoms with Gasteiger partial charge < -0.3 is 9.64 Å². The summed E-state index contributed by atoms with van der Waals surface area (Å²) < 4.78 is 5.21. The lowest BCUT2D eigenvalue weighted by Gasteiger charge is -2.27. The van der Waals surface area contributed by atoms with Gasteiger partial charge >= 0.3 is 0 Å². The molecular formula is C22H30N4O2. The van der Waals surface area contributed by atoms with Crippen molar-refractivity contribution in [3.05, 3.63) is 41.5 Å². The third-order valence-electron chi connectivity index (χ3n) is 6.46. The van der Waals surface area contributed by atoms with Gasteiger partial charge in [-0.25, -0.2) is 4.98 Å². The molecule has 4 rings (SSSR count). The number of rotatable bonds is 6. The van der Waals surface area contributed by atoms with Gasteiger partial charge in [0.2, 0.25) is 5.91 Å². The molecule has 150 valence electrons. The first kappa shape index (κ1) is 19.0. The van der Waals surface area contributed by atoms with E-state index < -0.39 is 0 Å². The zero-order valence-electron chi connectivity index (χ0n) is 16.9. The van der Waals surface area contributed by atoms with Gasteiger partial charge in [-0.3, -0.25) is 9.89 Å². The smallest absolute Gasteiger partial charge is 0.227 e. The van der Waals surface area contributed by atoms with Gasteiger partial charge in [0.05, 0.1) is 13.5 Å². The number of hydrogen-bond donors (Lipinski definition) is 1. The number of carbonyl (C=O) groups is 1. The van der Waals surface area contributed by atoms with E-state index in [1.807, 2.05) is 24.3 Å². The van der Waals surface area contributed by atoms with Crippen molar-refractivity contribution >= 4 is 5.91 Å². The summed E-state index contributed by atoms with van der Waals surface area (Å²) >= 11 is 0. The minimum absolute atomic E-state index is 0.154. The van der Waals surface area contributed by atoms with Gasteiger partial charge in [-0.1, -0.05) is 31.9 Å². The normalized spacial score (nSPS) is 20.8. The highest BCUT2D eigenvalue weighted by molar-refractivity contribution is 5.79. The molecular weight excluding hydrogens is 352 g/mol. The number of aromatic nitrogens is 3. The molecule has 2 heterocycles. The summed E-state index contributed by atoms with van der Waals surface area (Å²) in [5.74, 6) is 3.13. The predicted molar refractivity (Wildman–Crippen MR) is 107 cm³/mol. The van der Waals surface area contributed by atoms with Crippen LogP contribution in [0.1, 0.15) is 62.2 Å². The Hall–Kier alpha value is -2.37. The second-order valence-corrected chi connectivity index (χ2v) is 8.31. The molecule has 1 amide bonds. The first-order valence-corrected chi connectivity index (χ1v) is 10.5. The van der Waals surface area contributed by atoms with Crippen LogP contribution in [0.2, 0.25) is 0 Å². The van der Waals surface area contributed by atoms with Crippen molar-refractivity contribution < 1.29 is 9.53 Å². The topological polar surface area (TPSA) is 71.1 Å². The molecule has 1 aromatic heterocycles. The predicted octanol–water partition coefficient (Wildman–Crippen LogP) is 3.49. The summed E-state index contributed by atoms with van der Waals surface area (Å²) in [6.45, 7) is 3.72. The number of hydrogen-bond acceptors (Lipinski definition) is 4. The van der Waals surface area contributed by atoms with E-state index in [1.54, 1.807) is 7.11 Å². The molecule has 28 heavy (non-hydrogen) atoms. The van der Waals surface area contributed by atoms with Crippen LogP contribution in [0.15, 0.2) is 24.3 Å². The first-order valence-electron chi connectivity index (χ1n) is 10.5. The van der Waals surface area contributed by atoms with Crippen molar-refractivity contribution in [1.29, 1.82) is 0 Å². The third kappa shape index (κ3) is 3.64. The largest absolute Gasteiger partial charge is 0.497 e. The van der Waals surface area contributed by atoms with Crippen molar-refractivity contribution in [2.75, 3.05) is 20.2 Å². The zero-order chi connectivity index (χ0) is 19.6. The molecule has 1 unspecified atom stereocenters. The molecule has 0 radical (unpaired) electrons. The van der Waals surface area contributed by atoms with Gasteiger partial charge in [0.15, 0.2) is 5.82 Å². The second-order valence-electron chi connectivity index (χ2n) is 8.31. The lowest BCUT2D eigenvalue weighted by atomic mass is 9.76. The average Bonchev–Trinajstić information content (AvgIpc) is 3.44.